The van der Waals surface area contributed by atoms with E-state index >= 15 is 0 Å². The van der Waals surface area contributed by atoms with Gasteiger partial charge in [0.1, 0.15) is 5.75 Å². The zero-order valence-electron chi connectivity index (χ0n) is 16.6. The molecule has 0 bridgehead atoms. The van der Waals surface area contributed by atoms with Gasteiger partial charge < -0.3 is 15.4 Å². The molecule has 5 nitrogen and oxygen atoms in total. The molecule has 1 aliphatic heterocycles. The van der Waals surface area contributed by atoms with Crippen LogP contribution in [0.4, 0.5) is 0 Å². The van der Waals surface area contributed by atoms with Crippen LogP contribution >= 0.6 is 0 Å². The number of piperidine rings is 1. The lowest BCUT2D eigenvalue weighted by atomic mass is 9.69. The van der Waals surface area contributed by atoms with E-state index in [-0.39, 0.29) is 29.7 Å². The van der Waals surface area contributed by atoms with E-state index < -0.39 is 0 Å². The lowest BCUT2D eigenvalue weighted by Gasteiger charge is -2.44. The van der Waals surface area contributed by atoms with Gasteiger partial charge in [0.2, 0.25) is 11.8 Å². The van der Waals surface area contributed by atoms with Gasteiger partial charge in [-0.25, -0.2) is 0 Å². The second kappa shape index (κ2) is 8.46. The fourth-order valence-electron chi connectivity index (χ4n) is 4.17. The molecule has 2 atom stereocenters. The Morgan fingerprint density at radius 2 is 1.86 bits per heavy atom. The van der Waals surface area contributed by atoms with Gasteiger partial charge in [0.05, 0.1) is 13.2 Å². The Balaban J connectivity index is 1.80. The van der Waals surface area contributed by atoms with E-state index in [0.29, 0.717) is 19.4 Å². The van der Waals surface area contributed by atoms with Crippen molar-refractivity contribution in [1.82, 2.24) is 4.90 Å². The van der Waals surface area contributed by atoms with E-state index in [1.165, 1.54) is 0 Å². The number of ether oxygens (including phenoxy) is 1. The first kappa shape index (κ1) is 19.9. The van der Waals surface area contributed by atoms with Gasteiger partial charge in [-0.3, -0.25) is 9.59 Å². The maximum atomic E-state index is 13.2. The van der Waals surface area contributed by atoms with E-state index in [2.05, 4.69) is 19.1 Å². The zero-order valence-corrected chi connectivity index (χ0v) is 16.6. The maximum absolute atomic E-state index is 13.2. The minimum Gasteiger partial charge on any atom is -0.497 e. The summed E-state index contributed by atoms with van der Waals surface area (Å²) in [6, 6.07) is 17.9. The van der Waals surface area contributed by atoms with E-state index in [4.69, 9.17) is 10.5 Å². The largest absolute Gasteiger partial charge is 0.497 e. The molecule has 1 heterocycles. The number of carbonyl (C=O) groups excluding carboxylic acids is 2. The highest BCUT2D eigenvalue weighted by molar-refractivity contribution is 5.80. The SMILES string of the molecule is COc1ccc([C@H](C)N2CCC(CCC(N)=O)(c3ccccc3)CC2=O)cc1. The van der Waals surface area contributed by atoms with Crippen LogP contribution in [-0.4, -0.2) is 30.4 Å². The third-order valence-corrected chi connectivity index (χ3v) is 5.94. The second-order valence-corrected chi connectivity index (χ2v) is 7.58. The van der Waals surface area contributed by atoms with E-state index in [0.717, 1.165) is 23.3 Å². The van der Waals surface area contributed by atoms with Gasteiger partial charge in [-0.05, 0) is 43.0 Å². The van der Waals surface area contributed by atoms with E-state index in [9.17, 15) is 9.59 Å². The topological polar surface area (TPSA) is 72.6 Å². The molecule has 2 amide bonds. The van der Waals surface area contributed by atoms with Gasteiger partial charge in [0.25, 0.3) is 0 Å². The Kier molecular flexibility index (Phi) is 6.02. The average Bonchev–Trinajstić information content (AvgIpc) is 2.72. The normalized spacial score (nSPS) is 20.6. The number of benzene rings is 2. The van der Waals surface area contributed by atoms with Crippen molar-refractivity contribution < 1.29 is 14.3 Å². The van der Waals surface area contributed by atoms with Crippen molar-refractivity contribution in [3.05, 3.63) is 65.7 Å². The summed E-state index contributed by atoms with van der Waals surface area (Å²) in [5, 5.41) is 0. The Bertz CT molecular complexity index is 820. The number of hydrogen-bond donors (Lipinski definition) is 1. The first-order valence-electron chi connectivity index (χ1n) is 9.72. The highest BCUT2D eigenvalue weighted by Crippen LogP contribution is 2.42. The van der Waals surface area contributed by atoms with Crippen LogP contribution in [0.2, 0.25) is 0 Å². The van der Waals surface area contributed by atoms with Crippen LogP contribution in [0, 0.1) is 0 Å². The van der Waals surface area contributed by atoms with Crippen LogP contribution in [0.1, 0.15) is 49.8 Å². The Morgan fingerprint density at radius 1 is 1.18 bits per heavy atom. The van der Waals surface area contributed by atoms with Crippen LogP contribution in [0.5, 0.6) is 5.75 Å². The van der Waals surface area contributed by atoms with Gasteiger partial charge in [-0.2, -0.15) is 0 Å². The van der Waals surface area contributed by atoms with Crippen molar-refractivity contribution in [3.8, 4) is 5.75 Å². The molecule has 28 heavy (non-hydrogen) atoms. The van der Waals surface area contributed by atoms with Crippen LogP contribution in [-0.2, 0) is 15.0 Å². The van der Waals surface area contributed by atoms with Crippen LogP contribution in [0.3, 0.4) is 0 Å². The van der Waals surface area contributed by atoms with E-state index in [1.807, 2.05) is 47.4 Å². The molecule has 1 fully saturated rings. The first-order chi connectivity index (χ1) is 13.4. The third-order valence-electron chi connectivity index (χ3n) is 5.94. The molecule has 5 heteroatoms. The molecular formula is C23H28N2O3. The third kappa shape index (κ3) is 4.19. The number of nitrogens with zero attached hydrogens (tertiary/aromatic N) is 1. The number of likely N-dealkylation sites (tertiary alicyclic amines) is 1. The molecule has 0 saturated carbocycles. The number of methoxy groups -OCH3 is 1. The van der Waals surface area contributed by atoms with Crippen LogP contribution in [0.15, 0.2) is 54.6 Å². The summed E-state index contributed by atoms with van der Waals surface area (Å²) in [6.07, 6.45) is 2.10. The highest BCUT2D eigenvalue weighted by atomic mass is 16.5. The van der Waals surface area contributed by atoms with Gasteiger partial charge >= 0.3 is 0 Å². The number of amides is 2. The molecule has 0 aromatic heterocycles. The van der Waals surface area contributed by atoms with Gasteiger partial charge in [0.15, 0.2) is 0 Å². The molecule has 148 valence electrons. The second-order valence-electron chi connectivity index (χ2n) is 7.58. The molecular weight excluding hydrogens is 352 g/mol. The van der Waals surface area contributed by atoms with Crippen LogP contribution in [0.25, 0.3) is 0 Å². The fraction of sp³-hybridized carbons (Fsp3) is 0.391. The van der Waals surface area contributed by atoms with Gasteiger partial charge in [-0.1, -0.05) is 42.5 Å². The summed E-state index contributed by atoms with van der Waals surface area (Å²) in [4.78, 5) is 26.5. The predicted octanol–water partition coefficient (Wildman–Crippen LogP) is 3.58. The van der Waals surface area contributed by atoms with E-state index in [1.54, 1.807) is 7.11 Å². The monoisotopic (exact) mass is 380 g/mol. The van der Waals surface area contributed by atoms with Crippen molar-refractivity contribution in [3.63, 3.8) is 0 Å². The average molecular weight is 380 g/mol. The summed E-state index contributed by atoms with van der Waals surface area (Å²) in [7, 11) is 1.64. The Morgan fingerprint density at radius 3 is 2.43 bits per heavy atom. The molecule has 0 radical (unpaired) electrons. The highest BCUT2D eigenvalue weighted by Gasteiger charge is 2.41. The lowest BCUT2D eigenvalue weighted by molar-refractivity contribution is -0.139. The minimum atomic E-state index is -0.330. The van der Waals surface area contributed by atoms with Crippen molar-refractivity contribution in [2.75, 3.05) is 13.7 Å². The molecule has 0 aliphatic carbocycles. The molecule has 1 unspecified atom stereocenters. The molecule has 2 aromatic rings. The van der Waals surface area contributed by atoms with Gasteiger partial charge in [-0.15, -0.1) is 0 Å². The zero-order chi connectivity index (χ0) is 20.1. The molecule has 3 rings (SSSR count). The fourth-order valence-corrected chi connectivity index (χ4v) is 4.17. The standard InChI is InChI=1S/C23H28N2O3/c1-17(18-8-10-20(28-2)11-9-18)25-15-14-23(16-22(25)27,13-12-21(24)26)19-6-4-3-5-7-19/h3-11,17H,12-16H2,1-2H3,(H2,24,26)/t17-,23?/m0/s1. The number of primary amides is 1. The summed E-state index contributed by atoms with van der Waals surface area (Å²) >= 11 is 0. The molecule has 1 saturated heterocycles. The van der Waals surface area contributed by atoms with Crippen molar-refractivity contribution in [2.45, 2.75) is 44.1 Å². The number of carbonyl (C=O) groups is 2. The first-order valence-corrected chi connectivity index (χ1v) is 9.72. The molecule has 0 spiro atoms. The van der Waals surface area contributed by atoms with Crippen LogP contribution < -0.4 is 10.5 Å². The molecule has 2 N–H and O–H groups in total. The van der Waals surface area contributed by atoms with Crippen molar-refractivity contribution >= 4 is 11.8 Å². The van der Waals surface area contributed by atoms with Crippen molar-refractivity contribution in [2.24, 2.45) is 5.73 Å². The van der Waals surface area contributed by atoms with Gasteiger partial charge in [0, 0.05) is 24.8 Å². The summed E-state index contributed by atoms with van der Waals surface area (Å²) in [6.45, 7) is 2.71. The lowest BCUT2D eigenvalue weighted by Crippen LogP contribution is -2.47. The minimum absolute atomic E-state index is 0.0108. The summed E-state index contributed by atoms with van der Waals surface area (Å²) < 4.78 is 5.22. The summed E-state index contributed by atoms with van der Waals surface area (Å²) in [5.74, 6) is 0.593. The number of hydrogen-bond acceptors (Lipinski definition) is 3. The molecule has 1 aliphatic rings. The van der Waals surface area contributed by atoms with Crippen molar-refractivity contribution in [1.29, 1.82) is 0 Å². The maximum Gasteiger partial charge on any atom is 0.223 e. The number of nitrogens with two attached hydrogens (primary N) is 1. The number of rotatable bonds is 7. The summed E-state index contributed by atoms with van der Waals surface area (Å²) in [5.41, 5.74) is 7.28. The Labute approximate surface area is 166 Å². The smallest absolute Gasteiger partial charge is 0.223 e. The Hall–Kier alpha value is -2.82. The molecule has 2 aromatic carbocycles. The predicted molar refractivity (Wildman–Crippen MR) is 109 cm³/mol. The quantitative estimate of drug-likeness (QED) is 0.798.